The van der Waals surface area contributed by atoms with E-state index in [9.17, 15) is 28.5 Å². The third kappa shape index (κ3) is 5.65. The van der Waals surface area contributed by atoms with Crippen molar-refractivity contribution in [2.75, 3.05) is 11.9 Å². The smallest absolute Gasteiger partial charge is 0.294 e. The molecule has 0 spiro atoms. The second-order valence-corrected chi connectivity index (χ2v) is 10.5. The highest BCUT2D eigenvalue weighted by molar-refractivity contribution is 7.85. The number of imidazole rings is 1. The van der Waals surface area contributed by atoms with E-state index in [2.05, 4.69) is 25.6 Å². The summed E-state index contributed by atoms with van der Waals surface area (Å²) >= 11 is 0. The van der Waals surface area contributed by atoms with Crippen LogP contribution in [0.3, 0.4) is 0 Å². The number of nitrogens with zero attached hydrogens (tertiary/aromatic N) is 4. The second kappa shape index (κ2) is 11.2. The molecular weight excluding hydrogens is 544 g/mol. The van der Waals surface area contributed by atoms with Crippen LogP contribution in [0.25, 0.3) is 11.2 Å². The average molecular weight is 571 g/mol. The van der Waals surface area contributed by atoms with Gasteiger partial charge in [0.15, 0.2) is 29.0 Å². The van der Waals surface area contributed by atoms with Gasteiger partial charge in [0, 0.05) is 12.1 Å². The van der Waals surface area contributed by atoms with Gasteiger partial charge in [0.2, 0.25) is 0 Å². The molecule has 1 amide bonds. The Morgan fingerprint density at radius 3 is 2.38 bits per heavy atom. The zero-order chi connectivity index (χ0) is 28.4. The van der Waals surface area contributed by atoms with Crippen molar-refractivity contribution in [2.24, 2.45) is 0 Å². The van der Waals surface area contributed by atoms with Gasteiger partial charge in [-0.2, -0.15) is 8.42 Å². The summed E-state index contributed by atoms with van der Waals surface area (Å²) in [7, 11) is -4.39. The van der Waals surface area contributed by atoms with Gasteiger partial charge in [0.05, 0.1) is 24.4 Å². The van der Waals surface area contributed by atoms with Crippen LogP contribution in [0.2, 0.25) is 0 Å². The highest BCUT2D eigenvalue weighted by Crippen LogP contribution is 2.32. The van der Waals surface area contributed by atoms with Crippen molar-refractivity contribution in [2.45, 2.75) is 42.5 Å². The maximum Gasteiger partial charge on any atom is 0.294 e. The Labute approximate surface area is 228 Å². The minimum atomic E-state index is -4.39. The van der Waals surface area contributed by atoms with Crippen molar-refractivity contribution >= 4 is 33.0 Å². The molecule has 14 nitrogen and oxygen atoms in total. The van der Waals surface area contributed by atoms with Crippen LogP contribution in [0.4, 0.5) is 5.82 Å². The molecule has 210 valence electrons. The molecule has 4 aromatic rings. The molecule has 40 heavy (non-hydrogen) atoms. The number of hydrogen-bond acceptors (Lipinski definition) is 11. The normalized spacial score (nSPS) is 21.0. The number of hydrogen-bond donors (Lipinski definition) is 6. The SMILES string of the molecule is O=C(NCc1nc(NCc2ccccc2)c2ncn(C3OC(CO)C(O)C3O)c2n1)c1ccc(S(=O)(=O)O)cc1. The first-order chi connectivity index (χ1) is 19.2. The molecule has 4 atom stereocenters. The highest BCUT2D eigenvalue weighted by Gasteiger charge is 2.44. The molecule has 5 rings (SSSR count). The second-order valence-electron chi connectivity index (χ2n) is 9.06. The van der Waals surface area contributed by atoms with Gasteiger partial charge in [-0.3, -0.25) is 13.9 Å². The summed E-state index contributed by atoms with van der Waals surface area (Å²) in [5.41, 5.74) is 1.72. The number of aliphatic hydroxyl groups excluding tert-OH is 3. The minimum Gasteiger partial charge on any atom is -0.394 e. The van der Waals surface area contributed by atoms with Crippen molar-refractivity contribution < 1.29 is 37.8 Å². The summed E-state index contributed by atoms with van der Waals surface area (Å²) in [6.45, 7) is -0.224. The lowest BCUT2D eigenvalue weighted by molar-refractivity contribution is -0.0511. The summed E-state index contributed by atoms with van der Waals surface area (Å²) in [6, 6.07) is 14.3. The lowest BCUT2D eigenvalue weighted by atomic mass is 10.1. The van der Waals surface area contributed by atoms with Crippen molar-refractivity contribution in [3.8, 4) is 0 Å². The molecule has 0 aliphatic carbocycles. The third-order valence-corrected chi connectivity index (χ3v) is 7.25. The van der Waals surface area contributed by atoms with Gasteiger partial charge in [-0.25, -0.2) is 15.0 Å². The van der Waals surface area contributed by atoms with Crippen molar-refractivity contribution in [1.82, 2.24) is 24.8 Å². The van der Waals surface area contributed by atoms with Crippen LogP contribution in [-0.4, -0.2) is 78.6 Å². The number of aromatic nitrogens is 4. The fourth-order valence-corrected chi connectivity index (χ4v) is 4.76. The van der Waals surface area contributed by atoms with E-state index in [1.807, 2.05) is 30.3 Å². The first-order valence-corrected chi connectivity index (χ1v) is 13.6. The molecule has 2 aromatic heterocycles. The van der Waals surface area contributed by atoms with Gasteiger partial charge in [-0.05, 0) is 29.8 Å². The Balaban J connectivity index is 1.43. The molecule has 1 aliphatic rings. The number of aliphatic hydroxyl groups is 3. The largest absolute Gasteiger partial charge is 0.394 e. The summed E-state index contributed by atoms with van der Waals surface area (Å²) < 4.78 is 38.7. The summed E-state index contributed by atoms with van der Waals surface area (Å²) in [5.74, 6) is -0.0121. The summed E-state index contributed by atoms with van der Waals surface area (Å²) in [5, 5.41) is 36.1. The van der Waals surface area contributed by atoms with Crippen LogP contribution in [0, 0.1) is 0 Å². The third-order valence-electron chi connectivity index (χ3n) is 6.38. The van der Waals surface area contributed by atoms with Gasteiger partial charge in [0.1, 0.15) is 18.3 Å². The van der Waals surface area contributed by atoms with Gasteiger partial charge >= 0.3 is 0 Å². The predicted octanol–water partition coefficient (Wildman–Crippen LogP) is 0.227. The number of anilines is 1. The van der Waals surface area contributed by atoms with Gasteiger partial charge in [0.25, 0.3) is 16.0 Å². The molecule has 1 saturated heterocycles. The average Bonchev–Trinajstić information content (AvgIpc) is 3.50. The van der Waals surface area contributed by atoms with Crippen LogP contribution < -0.4 is 10.6 Å². The fourth-order valence-electron chi connectivity index (χ4n) is 4.28. The number of ether oxygens (including phenoxy) is 1. The molecule has 0 bridgehead atoms. The fraction of sp³-hybridized carbons (Fsp3) is 0.280. The Kier molecular flexibility index (Phi) is 7.75. The highest BCUT2D eigenvalue weighted by atomic mass is 32.2. The Hall–Kier alpha value is -3.99. The van der Waals surface area contributed by atoms with E-state index in [4.69, 9.17) is 9.29 Å². The molecule has 0 radical (unpaired) electrons. The zero-order valence-electron chi connectivity index (χ0n) is 20.8. The topological polar surface area (TPSA) is 209 Å². The van der Waals surface area contributed by atoms with Crippen molar-refractivity contribution in [3.05, 3.63) is 77.9 Å². The number of carbonyl (C=O) groups excluding carboxylic acids is 1. The molecule has 4 unspecified atom stereocenters. The number of fused-ring (bicyclic) bond motifs is 1. The molecule has 3 heterocycles. The maximum absolute atomic E-state index is 12.7. The van der Waals surface area contributed by atoms with E-state index in [-0.39, 0.29) is 28.5 Å². The number of rotatable bonds is 9. The molecule has 0 saturated carbocycles. The number of amides is 1. The lowest BCUT2D eigenvalue weighted by Crippen LogP contribution is -2.33. The molecule has 15 heteroatoms. The lowest BCUT2D eigenvalue weighted by Gasteiger charge is -2.17. The van der Waals surface area contributed by atoms with E-state index < -0.39 is 47.2 Å². The van der Waals surface area contributed by atoms with E-state index in [0.717, 1.165) is 17.7 Å². The predicted molar refractivity (Wildman–Crippen MR) is 140 cm³/mol. The monoisotopic (exact) mass is 570 g/mol. The Morgan fingerprint density at radius 2 is 1.73 bits per heavy atom. The number of nitrogens with one attached hydrogen (secondary N) is 2. The standard InChI is InChI=1S/C25H26N6O8S/c32-12-17-20(33)21(34)25(39-17)31-13-28-19-22(26-10-14-4-2-1-3-5-14)29-18(30-23(19)31)11-27-24(35)15-6-8-16(9-7-15)40(36,37)38/h1-9,13,17,20-21,25,32-34H,10-12H2,(H,27,35)(H,26,29,30)(H,36,37,38). The quantitative estimate of drug-likeness (QED) is 0.149. The number of carbonyl (C=O) groups is 1. The van der Waals surface area contributed by atoms with Gasteiger partial charge < -0.3 is 30.7 Å². The molecule has 6 N–H and O–H groups in total. The van der Waals surface area contributed by atoms with Crippen LogP contribution >= 0.6 is 0 Å². The van der Waals surface area contributed by atoms with Gasteiger partial charge in [-0.1, -0.05) is 30.3 Å². The number of benzene rings is 2. The van der Waals surface area contributed by atoms with Gasteiger partial charge in [-0.15, -0.1) is 0 Å². The first-order valence-electron chi connectivity index (χ1n) is 12.1. The summed E-state index contributed by atoms with van der Waals surface area (Å²) in [4.78, 5) is 25.8. The summed E-state index contributed by atoms with van der Waals surface area (Å²) in [6.07, 6.45) is -3.39. The maximum atomic E-state index is 12.7. The van der Waals surface area contributed by atoms with Crippen LogP contribution in [0.1, 0.15) is 28.0 Å². The van der Waals surface area contributed by atoms with Crippen LogP contribution in [0.5, 0.6) is 0 Å². The van der Waals surface area contributed by atoms with Crippen molar-refractivity contribution in [1.29, 1.82) is 0 Å². The zero-order valence-corrected chi connectivity index (χ0v) is 21.6. The molecular formula is C25H26N6O8S. The van der Waals surface area contributed by atoms with E-state index >= 15 is 0 Å². The van der Waals surface area contributed by atoms with Crippen LogP contribution in [-0.2, 0) is 27.9 Å². The Bertz CT molecular complexity index is 1610. The molecule has 1 fully saturated rings. The van der Waals surface area contributed by atoms with Crippen LogP contribution in [0.15, 0.2) is 65.8 Å². The Morgan fingerprint density at radius 1 is 1.00 bits per heavy atom. The van der Waals surface area contributed by atoms with Crippen molar-refractivity contribution in [3.63, 3.8) is 0 Å². The first kappa shape index (κ1) is 27.6. The minimum absolute atomic E-state index is 0.129. The van der Waals surface area contributed by atoms with E-state index in [1.165, 1.54) is 23.0 Å². The molecule has 2 aromatic carbocycles. The van der Waals surface area contributed by atoms with E-state index in [0.29, 0.717) is 17.9 Å². The van der Waals surface area contributed by atoms with E-state index in [1.54, 1.807) is 0 Å². The molecule has 1 aliphatic heterocycles.